The Morgan fingerprint density at radius 3 is 2.83 bits per heavy atom. The zero-order valence-electron chi connectivity index (χ0n) is 13.5. The molecule has 1 N–H and O–H groups in total. The lowest BCUT2D eigenvalue weighted by molar-refractivity contribution is 0.437. The highest BCUT2D eigenvalue weighted by molar-refractivity contribution is 8.04. The van der Waals surface area contributed by atoms with E-state index in [9.17, 15) is 0 Å². The molecule has 1 aliphatic heterocycles. The largest absolute Gasteiger partial charge is 0.309 e. The molecule has 1 aromatic rings. The molecule has 0 amide bonds. The zero-order valence-corrected chi connectivity index (χ0v) is 15.9. The van der Waals surface area contributed by atoms with E-state index in [1.165, 1.54) is 24.6 Å². The molecule has 0 aromatic heterocycles. The molecule has 0 radical (unpaired) electrons. The third kappa shape index (κ3) is 5.12. The van der Waals surface area contributed by atoms with Gasteiger partial charge in [0.2, 0.25) is 0 Å². The van der Waals surface area contributed by atoms with Gasteiger partial charge in [0.15, 0.2) is 0 Å². The van der Waals surface area contributed by atoms with Gasteiger partial charge in [0.25, 0.3) is 0 Å². The van der Waals surface area contributed by atoms with Crippen molar-refractivity contribution in [2.45, 2.75) is 44.0 Å². The number of allylic oxidation sites excluding steroid dienone is 2. The van der Waals surface area contributed by atoms with E-state index in [0.717, 1.165) is 34.2 Å². The van der Waals surface area contributed by atoms with Crippen LogP contribution in [0.3, 0.4) is 0 Å². The second-order valence-electron chi connectivity index (χ2n) is 5.49. The molecule has 1 aliphatic rings. The number of halogens is 2. The minimum Gasteiger partial charge on any atom is -0.309 e. The molecular formula is C18H22Cl2N2S. The van der Waals surface area contributed by atoms with Gasteiger partial charge in [-0.1, -0.05) is 60.1 Å². The minimum absolute atomic E-state index is 0.344. The quantitative estimate of drug-likeness (QED) is 0.500. The van der Waals surface area contributed by atoms with Crippen molar-refractivity contribution in [3.05, 3.63) is 51.5 Å². The lowest BCUT2D eigenvalue weighted by Crippen LogP contribution is -2.35. The first-order valence-electron chi connectivity index (χ1n) is 7.79. The second kappa shape index (κ2) is 8.93. The lowest BCUT2D eigenvalue weighted by atomic mass is 10.0. The molecule has 0 aliphatic carbocycles. The molecule has 2 rings (SSSR count). The topological polar surface area (TPSA) is 24.4 Å². The summed E-state index contributed by atoms with van der Waals surface area (Å²) in [5.41, 5.74) is 1.99. The molecule has 1 fully saturated rings. The fraction of sp³-hybridized carbons (Fsp3) is 0.389. The third-order valence-corrected chi connectivity index (χ3v) is 5.85. The smallest absolute Gasteiger partial charge is 0.0731 e. The predicted octanol–water partition coefficient (Wildman–Crippen LogP) is 6.11. The molecule has 23 heavy (non-hydrogen) atoms. The maximum absolute atomic E-state index is 6.24. The van der Waals surface area contributed by atoms with Crippen LogP contribution in [0.15, 0.2) is 51.3 Å². The van der Waals surface area contributed by atoms with Gasteiger partial charge in [-0.05, 0) is 45.4 Å². The van der Waals surface area contributed by atoms with Gasteiger partial charge in [-0.15, -0.1) is 0 Å². The van der Waals surface area contributed by atoms with Crippen molar-refractivity contribution in [2.24, 2.45) is 4.99 Å². The van der Waals surface area contributed by atoms with Crippen LogP contribution in [0.4, 0.5) is 0 Å². The first kappa shape index (κ1) is 18.6. The molecule has 2 nitrogen and oxygen atoms in total. The number of nitrogens with zero attached hydrogens (tertiary/aromatic N) is 1. The van der Waals surface area contributed by atoms with Crippen LogP contribution in [0.25, 0.3) is 0 Å². The number of hydrogen-bond donors (Lipinski definition) is 1. The van der Waals surface area contributed by atoms with Crippen LogP contribution < -0.4 is 5.32 Å². The second-order valence-corrected chi connectivity index (χ2v) is 7.41. The van der Waals surface area contributed by atoms with Gasteiger partial charge in [-0.2, -0.15) is 0 Å². The molecule has 0 spiro atoms. The number of rotatable bonds is 5. The van der Waals surface area contributed by atoms with Gasteiger partial charge in [0.05, 0.1) is 21.5 Å². The van der Waals surface area contributed by atoms with Crippen molar-refractivity contribution in [2.75, 3.05) is 6.54 Å². The minimum atomic E-state index is 0.344. The summed E-state index contributed by atoms with van der Waals surface area (Å²) in [6.45, 7) is 9.22. The van der Waals surface area contributed by atoms with E-state index in [1.54, 1.807) is 6.07 Å². The van der Waals surface area contributed by atoms with Gasteiger partial charge < -0.3 is 5.32 Å². The number of nitrogens with one attached hydrogen (secondary N) is 1. The monoisotopic (exact) mass is 368 g/mol. The van der Waals surface area contributed by atoms with E-state index >= 15 is 0 Å². The molecular weight excluding hydrogens is 347 g/mol. The Morgan fingerprint density at radius 2 is 2.17 bits per heavy atom. The summed E-state index contributed by atoms with van der Waals surface area (Å²) in [5.74, 6) is 0. The van der Waals surface area contributed by atoms with Crippen molar-refractivity contribution >= 4 is 40.7 Å². The van der Waals surface area contributed by atoms with E-state index in [-0.39, 0.29) is 0 Å². The molecule has 1 aromatic carbocycles. The Morgan fingerprint density at radius 1 is 1.39 bits per heavy atom. The van der Waals surface area contributed by atoms with Crippen molar-refractivity contribution in [1.29, 1.82) is 0 Å². The molecule has 0 bridgehead atoms. The summed E-state index contributed by atoms with van der Waals surface area (Å²) in [6, 6.07) is 5.96. The lowest BCUT2D eigenvalue weighted by Gasteiger charge is -2.24. The summed E-state index contributed by atoms with van der Waals surface area (Å²) in [7, 11) is 0. The molecule has 0 saturated carbocycles. The molecule has 1 heterocycles. The Hall–Kier alpha value is -0.740. The van der Waals surface area contributed by atoms with E-state index < -0.39 is 0 Å². The number of benzene rings is 1. The summed E-state index contributed by atoms with van der Waals surface area (Å²) in [4.78, 5) is 6.56. The predicted molar refractivity (Wildman–Crippen MR) is 104 cm³/mol. The van der Waals surface area contributed by atoms with Crippen LogP contribution in [0.5, 0.6) is 0 Å². The van der Waals surface area contributed by atoms with Crippen molar-refractivity contribution in [1.82, 2.24) is 5.32 Å². The third-order valence-electron chi connectivity index (χ3n) is 3.81. The first-order valence-corrected chi connectivity index (χ1v) is 9.36. The van der Waals surface area contributed by atoms with Gasteiger partial charge >= 0.3 is 0 Å². The van der Waals surface area contributed by atoms with Crippen LogP contribution in [0, 0.1) is 0 Å². The van der Waals surface area contributed by atoms with Gasteiger partial charge in [0.1, 0.15) is 0 Å². The highest BCUT2D eigenvalue weighted by Gasteiger charge is 2.17. The fourth-order valence-corrected chi connectivity index (χ4v) is 3.75. The maximum atomic E-state index is 6.24. The summed E-state index contributed by atoms with van der Waals surface area (Å²) < 4.78 is 0. The SMILES string of the molecule is C=C(Sc1cccc(Cl)c1Cl)C(C)=N/C(=C\C)C1CCCCN1. The maximum Gasteiger partial charge on any atom is 0.0731 e. The van der Waals surface area contributed by atoms with Crippen molar-refractivity contribution in [3.63, 3.8) is 0 Å². The first-order chi connectivity index (χ1) is 11.0. The number of thioether (sulfide) groups is 1. The highest BCUT2D eigenvalue weighted by Crippen LogP contribution is 2.36. The van der Waals surface area contributed by atoms with Gasteiger partial charge in [0, 0.05) is 15.8 Å². The standard InChI is InChI=1S/C18H22Cl2N2S/c1-4-15(16-9-5-6-11-21-16)22-12(2)13(3)23-17-10-7-8-14(19)18(17)20/h4,7-8,10,16,21H,3,5-6,9,11H2,1-2H3/b15-4-,22-12?. The molecule has 5 heteroatoms. The number of hydrogen-bond acceptors (Lipinski definition) is 3. The highest BCUT2D eigenvalue weighted by atomic mass is 35.5. The van der Waals surface area contributed by atoms with E-state index in [4.69, 9.17) is 28.2 Å². The zero-order chi connectivity index (χ0) is 16.8. The summed E-state index contributed by atoms with van der Waals surface area (Å²) >= 11 is 13.8. The summed E-state index contributed by atoms with van der Waals surface area (Å²) in [6.07, 6.45) is 5.70. The van der Waals surface area contributed by atoms with Crippen molar-refractivity contribution < 1.29 is 0 Å². The Balaban J connectivity index is 2.09. The van der Waals surface area contributed by atoms with Crippen LogP contribution >= 0.6 is 35.0 Å². The number of piperidine rings is 1. The Bertz CT molecular complexity index is 632. The van der Waals surface area contributed by atoms with Crippen LogP contribution in [0.2, 0.25) is 10.0 Å². The normalized spacial score (nSPS) is 19.7. The summed E-state index contributed by atoms with van der Waals surface area (Å²) in [5, 5.41) is 4.65. The molecule has 124 valence electrons. The molecule has 1 atom stereocenters. The Kier molecular flexibility index (Phi) is 7.22. The van der Waals surface area contributed by atoms with Crippen LogP contribution in [-0.2, 0) is 0 Å². The van der Waals surface area contributed by atoms with Gasteiger partial charge in [-0.25, -0.2) is 0 Å². The fourth-order valence-electron chi connectivity index (χ4n) is 2.47. The Labute approximate surface area is 153 Å². The van der Waals surface area contributed by atoms with Gasteiger partial charge in [-0.3, -0.25) is 4.99 Å². The van der Waals surface area contributed by atoms with E-state index in [2.05, 4.69) is 18.0 Å². The van der Waals surface area contributed by atoms with Crippen LogP contribution in [-0.4, -0.2) is 18.3 Å². The molecule has 1 saturated heterocycles. The number of aliphatic imine (C=N–C) groups is 1. The van der Waals surface area contributed by atoms with Crippen molar-refractivity contribution in [3.8, 4) is 0 Å². The van der Waals surface area contributed by atoms with E-state index in [0.29, 0.717) is 16.1 Å². The average molecular weight is 369 g/mol. The molecule has 1 unspecified atom stereocenters. The van der Waals surface area contributed by atoms with Crippen LogP contribution in [0.1, 0.15) is 33.1 Å². The van der Waals surface area contributed by atoms with E-state index in [1.807, 2.05) is 26.0 Å². The average Bonchev–Trinajstić information content (AvgIpc) is 2.57.